The first-order valence-corrected chi connectivity index (χ1v) is 10.3. The molecule has 3 aromatic rings. The lowest BCUT2D eigenvalue weighted by molar-refractivity contribution is 0.0930. The Morgan fingerprint density at radius 3 is 2.60 bits per heavy atom. The second kappa shape index (κ2) is 8.36. The molecule has 5 nitrogen and oxygen atoms in total. The predicted molar refractivity (Wildman–Crippen MR) is 119 cm³/mol. The van der Waals surface area contributed by atoms with Gasteiger partial charge in [0.25, 0.3) is 5.91 Å². The molecule has 3 aromatic carbocycles. The Labute approximate surface area is 177 Å². The van der Waals surface area contributed by atoms with Gasteiger partial charge in [-0.2, -0.15) is 0 Å². The fourth-order valence-corrected chi connectivity index (χ4v) is 3.87. The number of aryl methyl sites for hydroxylation is 1. The molecule has 0 heterocycles. The molecule has 1 aliphatic carbocycles. The van der Waals surface area contributed by atoms with Crippen LogP contribution in [0.2, 0.25) is 0 Å². The number of methoxy groups -OCH3 is 1. The average molecular weight is 405 g/mol. The minimum absolute atomic E-state index is 0.0732. The molecule has 0 radical (unpaired) electrons. The van der Waals surface area contributed by atoms with E-state index < -0.39 is 0 Å². The first-order chi connectivity index (χ1) is 14.6. The van der Waals surface area contributed by atoms with Crippen LogP contribution in [0.4, 0.5) is 0 Å². The highest BCUT2D eigenvalue weighted by Gasteiger charge is 2.47. The van der Waals surface area contributed by atoms with Crippen LogP contribution in [0.25, 0.3) is 10.8 Å². The van der Waals surface area contributed by atoms with Gasteiger partial charge in [-0.15, -0.1) is 0 Å². The third kappa shape index (κ3) is 3.98. The van der Waals surface area contributed by atoms with E-state index in [9.17, 15) is 4.79 Å². The van der Waals surface area contributed by atoms with Crippen molar-refractivity contribution in [3.05, 3.63) is 71.3 Å². The Kier molecular flexibility index (Phi) is 5.64. The number of carbonyl (C=O) groups is 1. The van der Waals surface area contributed by atoms with Crippen LogP contribution in [0.3, 0.4) is 0 Å². The van der Waals surface area contributed by atoms with Gasteiger partial charge in [0, 0.05) is 12.1 Å². The van der Waals surface area contributed by atoms with Crippen molar-refractivity contribution >= 4 is 16.7 Å². The molecular weight excluding hydrogens is 376 g/mol. The summed E-state index contributed by atoms with van der Waals surface area (Å²) in [5.41, 5.74) is 2.33. The zero-order valence-corrected chi connectivity index (χ0v) is 17.7. The monoisotopic (exact) mass is 404 g/mol. The maximum Gasteiger partial charge on any atom is 0.252 e. The number of rotatable bonds is 8. The Morgan fingerprint density at radius 2 is 1.87 bits per heavy atom. The smallest absolute Gasteiger partial charge is 0.252 e. The summed E-state index contributed by atoms with van der Waals surface area (Å²) in [5, 5.41) is 8.63. The minimum atomic E-state index is -0.360. The molecule has 4 rings (SSSR count). The predicted octanol–water partition coefficient (Wildman–Crippen LogP) is 4.17. The van der Waals surface area contributed by atoms with Crippen molar-refractivity contribution in [3.8, 4) is 11.5 Å². The van der Waals surface area contributed by atoms with Gasteiger partial charge in [0.2, 0.25) is 0 Å². The number of fused-ring (bicyclic) bond motifs is 1. The molecule has 5 heteroatoms. The molecule has 0 bridgehead atoms. The molecule has 1 aliphatic rings. The van der Waals surface area contributed by atoms with E-state index in [1.165, 1.54) is 0 Å². The molecule has 1 amide bonds. The van der Waals surface area contributed by atoms with Crippen LogP contribution < -0.4 is 20.1 Å². The van der Waals surface area contributed by atoms with Crippen LogP contribution in [0, 0.1) is 6.92 Å². The lowest BCUT2D eigenvalue weighted by atomic mass is 9.95. The first-order valence-electron chi connectivity index (χ1n) is 10.3. The topological polar surface area (TPSA) is 59.6 Å². The van der Waals surface area contributed by atoms with Crippen LogP contribution >= 0.6 is 0 Å². The Hall–Kier alpha value is -3.05. The molecule has 0 spiro atoms. The van der Waals surface area contributed by atoms with Crippen molar-refractivity contribution in [1.82, 2.24) is 10.6 Å². The van der Waals surface area contributed by atoms with Crippen LogP contribution in [-0.2, 0) is 5.54 Å². The van der Waals surface area contributed by atoms with E-state index in [1.54, 1.807) is 7.11 Å². The van der Waals surface area contributed by atoms with E-state index in [-0.39, 0.29) is 11.4 Å². The molecule has 0 saturated heterocycles. The summed E-state index contributed by atoms with van der Waals surface area (Å²) in [6, 6.07) is 18.0. The number of benzene rings is 3. The second-order valence-electron chi connectivity index (χ2n) is 7.86. The van der Waals surface area contributed by atoms with Gasteiger partial charge in [-0.1, -0.05) is 30.3 Å². The van der Waals surface area contributed by atoms with Crippen molar-refractivity contribution in [2.75, 3.05) is 27.3 Å². The standard InChI is InChI=1S/C25H28N2O3/c1-17-8-9-19(30-13-12-26-2)15-22(17)24(28)27-25(10-11-25)23-16-20(29-3)14-18-6-4-5-7-21(18)23/h4-9,14-16,26H,10-13H2,1-3H3,(H,27,28). The summed E-state index contributed by atoms with van der Waals surface area (Å²) in [5.74, 6) is 1.44. The maximum absolute atomic E-state index is 13.3. The third-order valence-electron chi connectivity index (χ3n) is 5.76. The van der Waals surface area contributed by atoms with Gasteiger partial charge < -0.3 is 20.1 Å². The molecule has 0 unspecified atom stereocenters. The van der Waals surface area contributed by atoms with Crippen LogP contribution in [0.5, 0.6) is 11.5 Å². The van der Waals surface area contributed by atoms with Crippen molar-refractivity contribution in [2.24, 2.45) is 0 Å². The minimum Gasteiger partial charge on any atom is -0.497 e. The Bertz CT molecular complexity index is 1070. The maximum atomic E-state index is 13.3. The first kappa shape index (κ1) is 20.2. The number of likely N-dealkylation sites (N-methyl/N-ethyl adjacent to an activating group) is 1. The number of ether oxygens (including phenoxy) is 2. The fraction of sp³-hybridized carbons (Fsp3) is 0.320. The third-order valence-corrected chi connectivity index (χ3v) is 5.76. The van der Waals surface area contributed by atoms with Crippen LogP contribution in [0.1, 0.15) is 34.3 Å². The van der Waals surface area contributed by atoms with Gasteiger partial charge in [0.05, 0.1) is 12.6 Å². The molecule has 156 valence electrons. The van der Waals surface area contributed by atoms with E-state index in [0.29, 0.717) is 17.9 Å². The van der Waals surface area contributed by atoms with E-state index >= 15 is 0 Å². The SMILES string of the molecule is CNCCOc1ccc(C)c(C(=O)NC2(c3cc(OC)cc4ccccc34)CC2)c1. The summed E-state index contributed by atoms with van der Waals surface area (Å²) >= 11 is 0. The highest BCUT2D eigenvalue weighted by molar-refractivity contribution is 5.98. The quantitative estimate of drug-likeness (QED) is 0.553. The van der Waals surface area contributed by atoms with Crippen molar-refractivity contribution in [2.45, 2.75) is 25.3 Å². The number of amides is 1. The molecule has 0 aromatic heterocycles. The van der Waals surface area contributed by atoms with Crippen molar-refractivity contribution in [3.63, 3.8) is 0 Å². The fourth-order valence-electron chi connectivity index (χ4n) is 3.87. The highest BCUT2D eigenvalue weighted by Crippen LogP contribution is 2.49. The van der Waals surface area contributed by atoms with E-state index in [1.807, 2.05) is 50.4 Å². The average Bonchev–Trinajstić information content (AvgIpc) is 3.54. The zero-order chi connectivity index (χ0) is 21.1. The number of carbonyl (C=O) groups excluding carboxylic acids is 1. The largest absolute Gasteiger partial charge is 0.497 e. The Balaban J connectivity index is 1.63. The zero-order valence-electron chi connectivity index (χ0n) is 17.7. The molecule has 2 N–H and O–H groups in total. The molecule has 1 saturated carbocycles. The lowest BCUT2D eigenvalue weighted by Crippen LogP contribution is -2.35. The van der Waals surface area contributed by atoms with Crippen molar-refractivity contribution in [1.29, 1.82) is 0 Å². The van der Waals surface area contributed by atoms with Gasteiger partial charge in [0.1, 0.15) is 18.1 Å². The molecule has 0 aliphatic heterocycles. The van der Waals surface area contributed by atoms with Gasteiger partial charge in [0.15, 0.2) is 0 Å². The summed E-state index contributed by atoms with van der Waals surface area (Å²) in [4.78, 5) is 13.3. The summed E-state index contributed by atoms with van der Waals surface area (Å²) in [6.07, 6.45) is 1.82. The number of hydrogen-bond acceptors (Lipinski definition) is 4. The van der Waals surface area contributed by atoms with E-state index in [0.717, 1.165) is 47.0 Å². The summed E-state index contributed by atoms with van der Waals surface area (Å²) in [6.45, 7) is 3.26. The second-order valence-corrected chi connectivity index (χ2v) is 7.86. The molecule has 1 fully saturated rings. The van der Waals surface area contributed by atoms with E-state index in [2.05, 4.69) is 28.8 Å². The molecule has 30 heavy (non-hydrogen) atoms. The van der Waals surface area contributed by atoms with Crippen molar-refractivity contribution < 1.29 is 14.3 Å². The molecular formula is C25H28N2O3. The lowest BCUT2D eigenvalue weighted by Gasteiger charge is -2.22. The highest BCUT2D eigenvalue weighted by atomic mass is 16.5. The van der Waals surface area contributed by atoms with Crippen LogP contribution in [-0.4, -0.2) is 33.2 Å². The Morgan fingerprint density at radius 1 is 1.07 bits per heavy atom. The van der Waals surface area contributed by atoms with Gasteiger partial charge in [-0.25, -0.2) is 0 Å². The van der Waals surface area contributed by atoms with Gasteiger partial charge >= 0.3 is 0 Å². The number of hydrogen-bond donors (Lipinski definition) is 2. The van der Waals surface area contributed by atoms with Gasteiger partial charge in [-0.3, -0.25) is 4.79 Å². The van der Waals surface area contributed by atoms with E-state index in [4.69, 9.17) is 9.47 Å². The number of nitrogens with one attached hydrogen (secondary N) is 2. The van der Waals surface area contributed by atoms with Crippen LogP contribution in [0.15, 0.2) is 54.6 Å². The summed E-state index contributed by atoms with van der Waals surface area (Å²) < 4.78 is 11.3. The summed E-state index contributed by atoms with van der Waals surface area (Å²) in [7, 11) is 3.56. The molecule has 0 atom stereocenters. The van der Waals surface area contributed by atoms with Gasteiger partial charge in [-0.05, 0) is 73.0 Å². The normalized spacial score (nSPS) is 14.4.